The molecule has 1 N–H and O–H groups in total. The number of carbonyl (C=O) groups excluding carboxylic acids is 1. The maximum Gasteiger partial charge on any atom is 0.247 e. The van der Waals surface area contributed by atoms with Crippen molar-refractivity contribution in [3.8, 4) is 0 Å². The number of amides is 1. The van der Waals surface area contributed by atoms with E-state index in [0.29, 0.717) is 0 Å². The number of rotatable bonds is 9. The van der Waals surface area contributed by atoms with Crippen LogP contribution < -0.4 is 5.32 Å². The molecule has 1 amide bonds. The highest BCUT2D eigenvalue weighted by Crippen LogP contribution is 2.19. The highest BCUT2D eigenvalue weighted by molar-refractivity contribution is 5.93. The first-order valence-electron chi connectivity index (χ1n) is 8.00. The Morgan fingerprint density at radius 3 is 2.40 bits per heavy atom. The predicted octanol–water partition coefficient (Wildman–Crippen LogP) is 3.63. The fraction of sp³-hybridized carbons (Fsp3) is 0.706. The van der Waals surface area contributed by atoms with Crippen LogP contribution in [0, 0.1) is 0 Å². The summed E-state index contributed by atoms with van der Waals surface area (Å²) >= 11 is 0. The van der Waals surface area contributed by atoms with E-state index in [2.05, 4.69) is 23.2 Å². The molecular weight excluding hydrogens is 248 g/mol. The molecular formula is C17H30N2O. The summed E-state index contributed by atoms with van der Waals surface area (Å²) in [7, 11) is 4.09. The topological polar surface area (TPSA) is 32.3 Å². The Morgan fingerprint density at radius 1 is 1.10 bits per heavy atom. The molecule has 0 bridgehead atoms. The Bertz CT molecular complexity index is 356. The zero-order chi connectivity index (χ0) is 14.8. The summed E-state index contributed by atoms with van der Waals surface area (Å²) in [5.41, 5.74) is 2.21. The maximum atomic E-state index is 12.0. The van der Waals surface area contributed by atoms with Gasteiger partial charge in [-0.25, -0.2) is 0 Å². The van der Waals surface area contributed by atoms with Crippen molar-refractivity contribution in [2.24, 2.45) is 0 Å². The van der Waals surface area contributed by atoms with E-state index >= 15 is 0 Å². The lowest BCUT2D eigenvalue weighted by Gasteiger charge is -2.20. The van der Waals surface area contributed by atoms with Gasteiger partial charge in [-0.1, -0.05) is 45.1 Å². The second-order valence-electron chi connectivity index (χ2n) is 5.77. The van der Waals surface area contributed by atoms with Gasteiger partial charge in [-0.2, -0.15) is 0 Å². The lowest BCUT2D eigenvalue weighted by molar-refractivity contribution is -0.117. The Labute approximate surface area is 124 Å². The monoisotopic (exact) mass is 278 g/mol. The summed E-state index contributed by atoms with van der Waals surface area (Å²) in [6.45, 7) is 3.04. The summed E-state index contributed by atoms with van der Waals surface area (Å²) in [6, 6.07) is 0. The molecule has 3 heteroatoms. The number of unbranched alkanes of at least 4 members (excludes halogenated alkanes) is 5. The smallest absolute Gasteiger partial charge is 0.247 e. The van der Waals surface area contributed by atoms with Crippen LogP contribution in [0.1, 0.15) is 58.3 Å². The average molecular weight is 278 g/mol. The van der Waals surface area contributed by atoms with Gasteiger partial charge in [0.1, 0.15) is 0 Å². The normalized spacial score (nSPS) is 14.6. The molecule has 0 radical (unpaired) electrons. The lowest BCUT2D eigenvalue weighted by Crippen LogP contribution is -2.27. The minimum absolute atomic E-state index is 0.118. The molecule has 0 saturated carbocycles. The standard InChI is InChI=1S/C17H30N2O/c1-4-5-6-7-8-9-14-18-17(20)15-10-12-16(13-11-15)19(2)3/h10,12H,4-9,11,13-14H2,1-3H3,(H,18,20). The molecule has 1 rings (SSSR count). The summed E-state index contributed by atoms with van der Waals surface area (Å²) in [6.07, 6.45) is 13.4. The van der Waals surface area contributed by atoms with Crippen molar-refractivity contribution in [2.45, 2.75) is 58.3 Å². The molecule has 0 spiro atoms. The third-order valence-electron chi connectivity index (χ3n) is 3.81. The van der Waals surface area contributed by atoms with Gasteiger partial charge in [0.05, 0.1) is 0 Å². The van der Waals surface area contributed by atoms with Gasteiger partial charge in [-0.05, 0) is 25.3 Å². The average Bonchev–Trinajstić information content (AvgIpc) is 2.46. The molecule has 0 unspecified atom stereocenters. The van der Waals surface area contributed by atoms with Crippen LogP contribution in [0.2, 0.25) is 0 Å². The molecule has 0 heterocycles. The summed E-state index contributed by atoms with van der Waals surface area (Å²) in [5.74, 6) is 0.118. The Morgan fingerprint density at radius 2 is 1.80 bits per heavy atom. The molecule has 0 aromatic carbocycles. The number of allylic oxidation sites excluding steroid dienone is 3. The van der Waals surface area contributed by atoms with Crippen LogP contribution in [0.25, 0.3) is 0 Å². The van der Waals surface area contributed by atoms with Gasteiger partial charge < -0.3 is 10.2 Å². The lowest BCUT2D eigenvalue weighted by atomic mass is 10.0. The first kappa shape index (κ1) is 16.8. The zero-order valence-corrected chi connectivity index (χ0v) is 13.4. The van der Waals surface area contributed by atoms with Gasteiger partial charge in [-0.15, -0.1) is 0 Å². The van der Waals surface area contributed by atoms with Gasteiger partial charge in [-0.3, -0.25) is 4.79 Å². The number of hydrogen-bond acceptors (Lipinski definition) is 2. The third kappa shape index (κ3) is 6.27. The quantitative estimate of drug-likeness (QED) is 0.653. The molecule has 0 atom stereocenters. The summed E-state index contributed by atoms with van der Waals surface area (Å²) in [5, 5.41) is 3.04. The fourth-order valence-corrected chi connectivity index (χ4v) is 2.41. The van der Waals surface area contributed by atoms with Gasteiger partial charge in [0.15, 0.2) is 0 Å². The number of hydrogen-bond donors (Lipinski definition) is 1. The summed E-state index contributed by atoms with van der Waals surface area (Å²) < 4.78 is 0. The predicted molar refractivity (Wildman–Crippen MR) is 85.5 cm³/mol. The SMILES string of the molecule is CCCCCCCCNC(=O)C1=CC=C(N(C)C)CC1. The van der Waals surface area contributed by atoms with Crippen molar-refractivity contribution in [2.75, 3.05) is 20.6 Å². The molecule has 0 aromatic rings. The first-order valence-corrected chi connectivity index (χ1v) is 8.00. The molecule has 0 aliphatic heterocycles. The molecule has 0 saturated heterocycles. The van der Waals surface area contributed by atoms with E-state index in [1.54, 1.807) is 0 Å². The van der Waals surface area contributed by atoms with Crippen molar-refractivity contribution in [3.05, 3.63) is 23.4 Å². The van der Waals surface area contributed by atoms with Crippen molar-refractivity contribution < 1.29 is 4.79 Å². The van der Waals surface area contributed by atoms with Crippen molar-refractivity contribution in [3.63, 3.8) is 0 Å². The van der Waals surface area contributed by atoms with E-state index in [1.165, 1.54) is 37.8 Å². The van der Waals surface area contributed by atoms with E-state index in [9.17, 15) is 4.79 Å². The minimum atomic E-state index is 0.118. The maximum absolute atomic E-state index is 12.0. The second kappa shape index (κ2) is 9.62. The van der Waals surface area contributed by atoms with Gasteiger partial charge in [0.2, 0.25) is 5.91 Å². The van der Waals surface area contributed by atoms with Gasteiger partial charge >= 0.3 is 0 Å². The highest BCUT2D eigenvalue weighted by Gasteiger charge is 2.13. The molecule has 0 aromatic heterocycles. The van der Waals surface area contributed by atoms with Crippen LogP contribution in [0.15, 0.2) is 23.4 Å². The van der Waals surface area contributed by atoms with Crippen molar-refractivity contribution in [1.29, 1.82) is 0 Å². The third-order valence-corrected chi connectivity index (χ3v) is 3.81. The van der Waals surface area contributed by atoms with Gasteiger partial charge in [0.25, 0.3) is 0 Å². The van der Waals surface area contributed by atoms with E-state index in [1.807, 2.05) is 20.2 Å². The largest absolute Gasteiger partial charge is 0.381 e. The zero-order valence-electron chi connectivity index (χ0n) is 13.4. The van der Waals surface area contributed by atoms with Crippen molar-refractivity contribution in [1.82, 2.24) is 10.2 Å². The van der Waals surface area contributed by atoms with E-state index in [4.69, 9.17) is 0 Å². The minimum Gasteiger partial charge on any atom is -0.381 e. The Balaban J connectivity index is 2.17. The van der Waals surface area contributed by atoms with Crippen LogP contribution in [-0.4, -0.2) is 31.4 Å². The van der Waals surface area contributed by atoms with Crippen LogP contribution >= 0.6 is 0 Å². The van der Waals surface area contributed by atoms with E-state index in [-0.39, 0.29) is 5.91 Å². The molecule has 114 valence electrons. The van der Waals surface area contributed by atoms with Crippen LogP contribution in [0.5, 0.6) is 0 Å². The Hall–Kier alpha value is -1.25. The fourth-order valence-electron chi connectivity index (χ4n) is 2.41. The number of nitrogens with zero attached hydrogens (tertiary/aromatic N) is 1. The molecule has 1 aliphatic rings. The van der Waals surface area contributed by atoms with E-state index < -0.39 is 0 Å². The van der Waals surface area contributed by atoms with Crippen LogP contribution in [0.4, 0.5) is 0 Å². The molecule has 1 aliphatic carbocycles. The number of nitrogens with one attached hydrogen (secondary N) is 1. The molecule has 0 fully saturated rings. The Kier molecular flexibility index (Phi) is 8.08. The highest BCUT2D eigenvalue weighted by atomic mass is 16.1. The van der Waals surface area contributed by atoms with Crippen LogP contribution in [-0.2, 0) is 4.79 Å². The van der Waals surface area contributed by atoms with Gasteiger partial charge in [0, 0.05) is 31.9 Å². The summed E-state index contributed by atoms with van der Waals surface area (Å²) in [4.78, 5) is 14.1. The van der Waals surface area contributed by atoms with Crippen molar-refractivity contribution >= 4 is 5.91 Å². The molecule has 3 nitrogen and oxygen atoms in total. The molecule has 20 heavy (non-hydrogen) atoms. The van der Waals surface area contributed by atoms with E-state index in [0.717, 1.165) is 31.4 Å². The second-order valence-corrected chi connectivity index (χ2v) is 5.77. The number of carbonyl (C=O) groups is 1. The first-order chi connectivity index (χ1) is 9.65. The van der Waals surface area contributed by atoms with Crippen LogP contribution in [0.3, 0.4) is 0 Å².